The molecule has 27 heavy (non-hydrogen) atoms. The fraction of sp³-hybridized carbons (Fsp3) is 0.900. The molecule has 156 valence electrons. The third-order valence-electron chi connectivity index (χ3n) is 5.09. The van der Waals surface area contributed by atoms with Crippen LogP contribution in [-0.2, 0) is 23.7 Å². The van der Waals surface area contributed by atoms with Gasteiger partial charge in [-0.2, -0.15) is 0 Å². The number of amides is 1. The standard InChI is InChI=1S/C20H35NO6/c1-20(2,3)27-19(23)21-16-5-6-17(21)14-15(13-16)18(22)7-8-25-11-12-26-10-9-24-4/h15-17H,5-14H2,1-4H3. The average Bonchev–Trinajstić information content (AvgIpc) is 2.86. The summed E-state index contributed by atoms with van der Waals surface area (Å²) in [5.41, 5.74) is -0.492. The molecule has 2 heterocycles. The second-order valence-corrected chi connectivity index (χ2v) is 8.37. The summed E-state index contributed by atoms with van der Waals surface area (Å²) < 4.78 is 21.2. The Morgan fingerprint density at radius 1 is 0.926 bits per heavy atom. The number of hydrogen-bond donors (Lipinski definition) is 0. The number of carbonyl (C=O) groups is 2. The molecule has 1 amide bonds. The molecule has 2 aliphatic rings. The predicted octanol–water partition coefficient (Wildman–Crippen LogP) is 2.80. The number of Topliss-reactive ketones (excluding diaryl/α,β-unsaturated/α-hetero) is 1. The van der Waals surface area contributed by atoms with Gasteiger partial charge in [-0.15, -0.1) is 0 Å². The number of hydrogen-bond acceptors (Lipinski definition) is 6. The first kappa shape index (κ1) is 22.1. The zero-order valence-corrected chi connectivity index (χ0v) is 17.2. The van der Waals surface area contributed by atoms with Gasteiger partial charge in [-0.1, -0.05) is 0 Å². The van der Waals surface area contributed by atoms with Gasteiger partial charge in [0.1, 0.15) is 11.4 Å². The lowest BCUT2D eigenvalue weighted by molar-refractivity contribution is -0.126. The number of carbonyl (C=O) groups excluding carboxylic acids is 2. The van der Waals surface area contributed by atoms with Gasteiger partial charge >= 0.3 is 6.09 Å². The lowest BCUT2D eigenvalue weighted by atomic mass is 9.86. The largest absolute Gasteiger partial charge is 0.444 e. The minimum atomic E-state index is -0.492. The van der Waals surface area contributed by atoms with Crippen molar-refractivity contribution in [1.82, 2.24) is 4.90 Å². The molecule has 0 aliphatic carbocycles. The van der Waals surface area contributed by atoms with Crippen molar-refractivity contribution in [3.8, 4) is 0 Å². The molecule has 2 unspecified atom stereocenters. The van der Waals surface area contributed by atoms with E-state index in [9.17, 15) is 9.59 Å². The average molecular weight is 386 g/mol. The minimum absolute atomic E-state index is 0.0303. The van der Waals surface area contributed by atoms with E-state index in [1.807, 2.05) is 25.7 Å². The molecule has 0 aromatic rings. The molecule has 0 spiro atoms. The summed E-state index contributed by atoms with van der Waals surface area (Å²) in [4.78, 5) is 26.9. The van der Waals surface area contributed by atoms with Crippen molar-refractivity contribution in [2.45, 2.75) is 70.6 Å². The summed E-state index contributed by atoms with van der Waals surface area (Å²) in [7, 11) is 1.63. The molecule has 7 heteroatoms. The van der Waals surface area contributed by atoms with Crippen LogP contribution in [0.5, 0.6) is 0 Å². The topological polar surface area (TPSA) is 74.3 Å². The molecule has 2 rings (SSSR count). The Bertz CT molecular complexity index is 475. The molecule has 2 saturated heterocycles. The van der Waals surface area contributed by atoms with E-state index in [1.54, 1.807) is 7.11 Å². The van der Waals surface area contributed by atoms with Crippen molar-refractivity contribution >= 4 is 11.9 Å². The van der Waals surface area contributed by atoms with Crippen molar-refractivity contribution in [2.24, 2.45) is 5.92 Å². The molecule has 0 aromatic carbocycles. The quantitative estimate of drug-likeness (QED) is 0.539. The molecule has 2 aliphatic heterocycles. The van der Waals surface area contributed by atoms with Crippen LogP contribution in [0.2, 0.25) is 0 Å². The van der Waals surface area contributed by atoms with E-state index in [0.29, 0.717) is 39.5 Å². The summed E-state index contributed by atoms with van der Waals surface area (Å²) in [5.74, 6) is 0.277. The lowest BCUT2D eigenvalue weighted by Crippen LogP contribution is -2.49. The summed E-state index contributed by atoms with van der Waals surface area (Å²) in [6.07, 6.45) is 3.60. The Balaban J connectivity index is 1.68. The molecular weight excluding hydrogens is 350 g/mol. The van der Waals surface area contributed by atoms with Gasteiger partial charge in [0, 0.05) is 31.5 Å². The van der Waals surface area contributed by atoms with E-state index in [0.717, 1.165) is 25.7 Å². The van der Waals surface area contributed by atoms with Gasteiger partial charge in [0.05, 0.1) is 33.0 Å². The Labute approximate surface area is 162 Å². The van der Waals surface area contributed by atoms with Gasteiger partial charge in [-0.3, -0.25) is 4.79 Å². The van der Waals surface area contributed by atoms with Crippen LogP contribution >= 0.6 is 0 Å². The van der Waals surface area contributed by atoms with Gasteiger partial charge in [-0.05, 0) is 46.5 Å². The molecular formula is C20H35NO6. The molecule has 2 bridgehead atoms. The molecule has 7 nitrogen and oxygen atoms in total. The normalized spacial score (nSPS) is 24.9. The van der Waals surface area contributed by atoms with Crippen LogP contribution in [0.25, 0.3) is 0 Å². The van der Waals surface area contributed by atoms with E-state index < -0.39 is 5.60 Å². The maximum atomic E-state index is 12.5. The zero-order valence-electron chi connectivity index (χ0n) is 17.2. The second kappa shape index (κ2) is 10.4. The van der Waals surface area contributed by atoms with E-state index in [2.05, 4.69) is 0 Å². The van der Waals surface area contributed by atoms with Crippen LogP contribution in [0.1, 0.15) is 52.9 Å². The number of rotatable bonds is 10. The highest BCUT2D eigenvalue weighted by Gasteiger charge is 2.46. The van der Waals surface area contributed by atoms with Crippen molar-refractivity contribution in [1.29, 1.82) is 0 Å². The first-order valence-corrected chi connectivity index (χ1v) is 10.00. The fourth-order valence-electron chi connectivity index (χ4n) is 3.89. The van der Waals surface area contributed by atoms with E-state index in [4.69, 9.17) is 18.9 Å². The van der Waals surface area contributed by atoms with Crippen LogP contribution in [0, 0.1) is 5.92 Å². The first-order valence-electron chi connectivity index (χ1n) is 10.00. The highest BCUT2D eigenvalue weighted by atomic mass is 16.6. The highest BCUT2D eigenvalue weighted by Crippen LogP contribution is 2.40. The molecule has 0 saturated carbocycles. The van der Waals surface area contributed by atoms with Gasteiger partial charge in [0.15, 0.2) is 0 Å². The SMILES string of the molecule is COCCOCCOCCC(=O)C1CC2CCC(C1)N2C(=O)OC(C)(C)C. The fourth-order valence-corrected chi connectivity index (χ4v) is 3.89. The van der Waals surface area contributed by atoms with Gasteiger partial charge in [-0.25, -0.2) is 4.79 Å². The van der Waals surface area contributed by atoms with Gasteiger partial charge in [0.25, 0.3) is 0 Å². The lowest BCUT2D eigenvalue weighted by Gasteiger charge is -2.39. The summed E-state index contributed by atoms with van der Waals surface area (Å²) in [6, 6.07) is 0.255. The molecule has 2 fully saturated rings. The molecule has 2 atom stereocenters. The molecule has 0 radical (unpaired) electrons. The smallest absolute Gasteiger partial charge is 0.410 e. The number of methoxy groups -OCH3 is 1. The minimum Gasteiger partial charge on any atom is -0.444 e. The van der Waals surface area contributed by atoms with Crippen molar-refractivity contribution < 1.29 is 28.5 Å². The third-order valence-corrected chi connectivity index (χ3v) is 5.09. The summed E-state index contributed by atoms with van der Waals surface area (Å²) in [5, 5.41) is 0. The summed E-state index contributed by atoms with van der Waals surface area (Å²) in [6.45, 7) is 8.19. The predicted molar refractivity (Wildman–Crippen MR) is 101 cm³/mol. The Morgan fingerprint density at radius 2 is 1.48 bits per heavy atom. The first-order chi connectivity index (χ1) is 12.8. The van der Waals surface area contributed by atoms with Gasteiger partial charge < -0.3 is 23.8 Å². The Morgan fingerprint density at radius 3 is 2.04 bits per heavy atom. The number of piperidine rings is 1. The van der Waals surface area contributed by atoms with E-state index in [1.165, 1.54) is 0 Å². The molecule has 0 N–H and O–H groups in total. The number of nitrogens with zero attached hydrogens (tertiary/aromatic N) is 1. The van der Waals surface area contributed by atoms with Crippen LogP contribution in [0.4, 0.5) is 4.79 Å². The van der Waals surface area contributed by atoms with Crippen molar-refractivity contribution in [3.63, 3.8) is 0 Å². The molecule has 0 aromatic heterocycles. The van der Waals surface area contributed by atoms with Gasteiger partial charge in [0.2, 0.25) is 0 Å². The van der Waals surface area contributed by atoms with Crippen LogP contribution in [0.15, 0.2) is 0 Å². The third kappa shape index (κ3) is 7.05. The van der Waals surface area contributed by atoms with Crippen LogP contribution < -0.4 is 0 Å². The van der Waals surface area contributed by atoms with E-state index in [-0.39, 0.29) is 29.9 Å². The van der Waals surface area contributed by atoms with E-state index >= 15 is 0 Å². The Kier molecular flexibility index (Phi) is 8.51. The zero-order chi connectivity index (χ0) is 19.9. The van der Waals surface area contributed by atoms with Crippen molar-refractivity contribution in [2.75, 3.05) is 40.1 Å². The number of fused-ring (bicyclic) bond motifs is 2. The highest BCUT2D eigenvalue weighted by molar-refractivity contribution is 5.82. The maximum absolute atomic E-state index is 12.5. The van der Waals surface area contributed by atoms with Crippen LogP contribution in [0.3, 0.4) is 0 Å². The van der Waals surface area contributed by atoms with Crippen molar-refractivity contribution in [3.05, 3.63) is 0 Å². The Hall–Kier alpha value is -1.18. The monoisotopic (exact) mass is 385 g/mol. The van der Waals surface area contributed by atoms with Crippen LogP contribution in [-0.4, -0.2) is 74.6 Å². The number of ether oxygens (including phenoxy) is 4. The summed E-state index contributed by atoms with van der Waals surface area (Å²) >= 11 is 0. The second-order valence-electron chi connectivity index (χ2n) is 8.37. The number of ketones is 1. The maximum Gasteiger partial charge on any atom is 0.410 e.